The summed E-state index contributed by atoms with van der Waals surface area (Å²) in [5.74, 6) is 0.703. The first-order chi connectivity index (χ1) is 9.19. The number of hydrogen-bond acceptors (Lipinski definition) is 3. The molecule has 1 heterocycles. The zero-order valence-electron chi connectivity index (χ0n) is 11.0. The second-order valence-electron chi connectivity index (χ2n) is 4.65. The number of benzene rings is 1. The molecule has 1 fully saturated rings. The van der Waals surface area contributed by atoms with E-state index in [1.54, 1.807) is 0 Å². The lowest BCUT2D eigenvalue weighted by Gasteiger charge is -2.15. The Morgan fingerprint density at radius 2 is 2.21 bits per heavy atom. The molecule has 0 saturated carbocycles. The van der Waals surface area contributed by atoms with Crippen LogP contribution in [0.15, 0.2) is 22.7 Å². The van der Waals surface area contributed by atoms with E-state index >= 15 is 0 Å². The van der Waals surface area contributed by atoms with Crippen molar-refractivity contribution in [3.8, 4) is 5.75 Å². The second kappa shape index (κ2) is 7.48. The van der Waals surface area contributed by atoms with Gasteiger partial charge in [-0.1, -0.05) is 34.5 Å². The van der Waals surface area contributed by atoms with Crippen molar-refractivity contribution in [2.45, 2.75) is 32.0 Å². The zero-order chi connectivity index (χ0) is 13.7. The van der Waals surface area contributed by atoms with Gasteiger partial charge in [-0.05, 0) is 37.6 Å². The molecule has 1 aromatic carbocycles. The van der Waals surface area contributed by atoms with Crippen LogP contribution in [-0.4, -0.2) is 31.9 Å². The molecule has 1 N–H and O–H groups in total. The predicted molar refractivity (Wildman–Crippen MR) is 81.1 cm³/mol. The van der Waals surface area contributed by atoms with Crippen LogP contribution in [0, 0.1) is 0 Å². The Balaban J connectivity index is 1.78. The molecule has 2 unspecified atom stereocenters. The molecular formula is C14H19BrClNO2. The molecule has 106 valence electrons. The van der Waals surface area contributed by atoms with E-state index in [1.165, 1.54) is 0 Å². The Kier molecular flexibility index (Phi) is 5.95. The van der Waals surface area contributed by atoms with Gasteiger partial charge >= 0.3 is 0 Å². The van der Waals surface area contributed by atoms with Crippen LogP contribution in [0.4, 0.5) is 0 Å². The van der Waals surface area contributed by atoms with Crippen LogP contribution in [-0.2, 0) is 4.74 Å². The number of likely N-dealkylation sites (N-methyl/N-ethyl adjacent to an activating group) is 1. The molecule has 2 rings (SSSR count). The van der Waals surface area contributed by atoms with Crippen molar-refractivity contribution >= 4 is 27.5 Å². The van der Waals surface area contributed by atoms with Crippen LogP contribution in [0.3, 0.4) is 0 Å². The quantitative estimate of drug-likeness (QED) is 0.851. The third-order valence-corrected chi connectivity index (χ3v) is 3.94. The highest BCUT2D eigenvalue weighted by atomic mass is 79.9. The van der Waals surface area contributed by atoms with Gasteiger partial charge < -0.3 is 14.8 Å². The summed E-state index contributed by atoms with van der Waals surface area (Å²) in [5, 5.41) is 3.94. The first-order valence-corrected chi connectivity index (χ1v) is 7.80. The number of rotatable bonds is 6. The summed E-state index contributed by atoms with van der Waals surface area (Å²) in [5.41, 5.74) is 0. The highest BCUT2D eigenvalue weighted by Gasteiger charge is 2.25. The molecule has 5 heteroatoms. The number of nitrogens with one attached hydrogen (secondary N) is 1. The highest BCUT2D eigenvalue weighted by Crippen LogP contribution is 2.29. The van der Waals surface area contributed by atoms with E-state index in [-0.39, 0.29) is 6.10 Å². The molecule has 1 aliphatic rings. The van der Waals surface area contributed by atoms with E-state index in [9.17, 15) is 0 Å². The predicted octanol–water partition coefficient (Wildman–Crippen LogP) is 3.64. The molecular weight excluding hydrogens is 330 g/mol. The monoisotopic (exact) mass is 347 g/mol. The van der Waals surface area contributed by atoms with E-state index < -0.39 is 0 Å². The minimum Gasteiger partial charge on any atom is -0.489 e. The molecule has 1 aromatic rings. The van der Waals surface area contributed by atoms with Crippen LogP contribution >= 0.6 is 27.5 Å². The van der Waals surface area contributed by atoms with Gasteiger partial charge in [-0.25, -0.2) is 0 Å². The van der Waals surface area contributed by atoms with E-state index in [1.807, 2.05) is 18.2 Å². The van der Waals surface area contributed by atoms with Gasteiger partial charge in [0.1, 0.15) is 12.4 Å². The standard InChI is InChI=1S/C14H19BrClNO2/c1-2-17-8-11-4-5-12(19-11)9-18-14-7-10(15)3-6-13(14)16/h3,6-7,11-12,17H,2,4-5,8-9H2,1H3. The van der Waals surface area contributed by atoms with Crippen molar-refractivity contribution in [2.24, 2.45) is 0 Å². The Morgan fingerprint density at radius 1 is 1.42 bits per heavy atom. The van der Waals surface area contributed by atoms with Crippen molar-refractivity contribution in [3.63, 3.8) is 0 Å². The van der Waals surface area contributed by atoms with Crippen LogP contribution in [0.1, 0.15) is 19.8 Å². The van der Waals surface area contributed by atoms with Crippen molar-refractivity contribution in [1.82, 2.24) is 5.32 Å². The zero-order valence-corrected chi connectivity index (χ0v) is 13.3. The Hall–Kier alpha value is -0.290. The van der Waals surface area contributed by atoms with Gasteiger partial charge in [0, 0.05) is 11.0 Å². The van der Waals surface area contributed by atoms with Crippen molar-refractivity contribution in [2.75, 3.05) is 19.7 Å². The normalized spacial score (nSPS) is 22.7. The Labute approximate surface area is 127 Å². The average molecular weight is 349 g/mol. The summed E-state index contributed by atoms with van der Waals surface area (Å²) in [4.78, 5) is 0. The third-order valence-electron chi connectivity index (χ3n) is 3.14. The lowest BCUT2D eigenvalue weighted by molar-refractivity contribution is 0.0188. The van der Waals surface area contributed by atoms with Gasteiger partial charge in [0.15, 0.2) is 0 Å². The van der Waals surface area contributed by atoms with Gasteiger partial charge in [-0.15, -0.1) is 0 Å². The van der Waals surface area contributed by atoms with Crippen LogP contribution in [0.5, 0.6) is 5.75 Å². The number of ether oxygens (including phenoxy) is 2. The van der Waals surface area contributed by atoms with Gasteiger partial charge in [0.25, 0.3) is 0 Å². The molecule has 0 spiro atoms. The first-order valence-electron chi connectivity index (χ1n) is 6.63. The van der Waals surface area contributed by atoms with E-state index in [0.717, 1.165) is 30.4 Å². The van der Waals surface area contributed by atoms with E-state index in [4.69, 9.17) is 21.1 Å². The summed E-state index contributed by atoms with van der Waals surface area (Å²) in [6.45, 7) is 4.56. The molecule has 0 amide bonds. The molecule has 0 radical (unpaired) electrons. The highest BCUT2D eigenvalue weighted by molar-refractivity contribution is 9.10. The Morgan fingerprint density at radius 3 is 3.00 bits per heavy atom. The molecule has 0 aromatic heterocycles. The fourth-order valence-corrected chi connectivity index (χ4v) is 2.64. The van der Waals surface area contributed by atoms with Gasteiger partial charge in [-0.3, -0.25) is 0 Å². The molecule has 0 aliphatic carbocycles. The minimum absolute atomic E-state index is 0.165. The van der Waals surface area contributed by atoms with Crippen LogP contribution in [0.2, 0.25) is 5.02 Å². The summed E-state index contributed by atoms with van der Waals surface area (Å²) in [6.07, 6.45) is 2.61. The lowest BCUT2D eigenvalue weighted by atomic mass is 10.2. The second-order valence-corrected chi connectivity index (χ2v) is 5.97. The van der Waals surface area contributed by atoms with E-state index in [2.05, 4.69) is 28.2 Å². The molecule has 0 bridgehead atoms. The SMILES string of the molecule is CCNCC1CCC(COc2cc(Br)ccc2Cl)O1. The summed E-state index contributed by atoms with van der Waals surface area (Å²) in [6, 6.07) is 5.60. The fourth-order valence-electron chi connectivity index (χ4n) is 2.13. The van der Waals surface area contributed by atoms with Gasteiger partial charge in [-0.2, -0.15) is 0 Å². The molecule has 1 aliphatic heterocycles. The number of halogens is 2. The maximum absolute atomic E-state index is 6.08. The van der Waals surface area contributed by atoms with Crippen molar-refractivity contribution in [1.29, 1.82) is 0 Å². The molecule has 19 heavy (non-hydrogen) atoms. The number of hydrogen-bond donors (Lipinski definition) is 1. The van der Waals surface area contributed by atoms with Crippen LogP contribution in [0.25, 0.3) is 0 Å². The first kappa shape index (κ1) is 15.1. The largest absolute Gasteiger partial charge is 0.489 e. The molecule has 3 nitrogen and oxygen atoms in total. The minimum atomic E-state index is 0.165. The van der Waals surface area contributed by atoms with E-state index in [0.29, 0.717) is 23.5 Å². The average Bonchev–Trinajstić information content (AvgIpc) is 2.85. The van der Waals surface area contributed by atoms with Crippen molar-refractivity contribution in [3.05, 3.63) is 27.7 Å². The summed E-state index contributed by atoms with van der Waals surface area (Å²) in [7, 11) is 0. The maximum atomic E-state index is 6.08. The topological polar surface area (TPSA) is 30.5 Å². The smallest absolute Gasteiger partial charge is 0.139 e. The fraction of sp³-hybridized carbons (Fsp3) is 0.571. The van der Waals surface area contributed by atoms with Crippen LogP contribution < -0.4 is 10.1 Å². The molecule has 1 saturated heterocycles. The lowest BCUT2D eigenvalue weighted by Crippen LogP contribution is -2.28. The maximum Gasteiger partial charge on any atom is 0.139 e. The molecule has 2 atom stereocenters. The van der Waals surface area contributed by atoms with Crippen molar-refractivity contribution < 1.29 is 9.47 Å². The summed E-state index contributed by atoms with van der Waals surface area (Å²) >= 11 is 9.49. The van der Waals surface area contributed by atoms with Gasteiger partial charge in [0.05, 0.1) is 17.2 Å². The summed E-state index contributed by atoms with van der Waals surface area (Å²) < 4.78 is 12.6. The third kappa shape index (κ3) is 4.63. The van der Waals surface area contributed by atoms with Gasteiger partial charge in [0.2, 0.25) is 0 Å². The Bertz CT molecular complexity index is 416.